The zero-order chi connectivity index (χ0) is 13.2. The molecule has 0 aliphatic carbocycles. The van der Waals surface area contributed by atoms with Crippen molar-refractivity contribution in [1.82, 2.24) is 10.6 Å². The van der Waals surface area contributed by atoms with E-state index in [1.54, 1.807) is 0 Å². The largest absolute Gasteiger partial charge is 0.381 e. The Kier molecular flexibility index (Phi) is 7.96. The molecule has 1 aliphatic heterocycles. The van der Waals surface area contributed by atoms with E-state index in [0.29, 0.717) is 19.8 Å². The number of hydrogen-bond acceptors (Lipinski definition) is 4. The minimum Gasteiger partial charge on any atom is -0.381 e. The molecule has 1 heterocycles. The highest BCUT2D eigenvalue weighted by atomic mass is 16.5. The first-order valence-corrected chi connectivity index (χ1v) is 6.90. The number of carbonyl (C=O) groups is 1. The molecule has 18 heavy (non-hydrogen) atoms. The van der Waals surface area contributed by atoms with Gasteiger partial charge in [0.05, 0.1) is 19.1 Å². The third-order valence-corrected chi connectivity index (χ3v) is 3.19. The van der Waals surface area contributed by atoms with Crippen LogP contribution in [0.1, 0.15) is 26.2 Å². The summed E-state index contributed by atoms with van der Waals surface area (Å²) >= 11 is 0. The average molecular weight is 258 g/mol. The highest BCUT2D eigenvalue weighted by Gasteiger charge is 2.32. The summed E-state index contributed by atoms with van der Waals surface area (Å²) in [4.78, 5) is 11.9. The Hall–Kier alpha value is -0.650. The van der Waals surface area contributed by atoms with E-state index in [1.807, 2.05) is 7.05 Å². The third kappa shape index (κ3) is 5.33. The van der Waals surface area contributed by atoms with Gasteiger partial charge in [0.1, 0.15) is 0 Å². The summed E-state index contributed by atoms with van der Waals surface area (Å²) in [5.74, 6) is 0.0245. The molecular formula is C13H26N2O3. The van der Waals surface area contributed by atoms with Gasteiger partial charge < -0.3 is 20.1 Å². The fourth-order valence-corrected chi connectivity index (χ4v) is 1.96. The predicted molar refractivity (Wildman–Crippen MR) is 70.5 cm³/mol. The summed E-state index contributed by atoms with van der Waals surface area (Å²) in [6, 6.07) is 0.144. The van der Waals surface area contributed by atoms with Crippen molar-refractivity contribution >= 4 is 5.91 Å². The van der Waals surface area contributed by atoms with Crippen molar-refractivity contribution in [2.24, 2.45) is 5.92 Å². The number of ether oxygens (including phenoxy) is 2. The quantitative estimate of drug-likeness (QED) is 0.593. The minimum atomic E-state index is -0.0593. The normalized spacial score (nSPS) is 23.2. The molecule has 0 spiro atoms. The van der Waals surface area contributed by atoms with E-state index >= 15 is 0 Å². The standard InChI is InChI=1S/C13H26N2O3/c1-3-4-7-17-8-5-6-15-13(16)11-9-18-10-12(11)14-2/h11-12,14H,3-10H2,1-2H3,(H,15,16). The molecule has 1 rings (SSSR count). The summed E-state index contributed by atoms with van der Waals surface area (Å²) in [6.45, 7) is 5.50. The van der Waals surface area contributed by atoms with Crippen molar-refractivity contribution in [1.29, 1.82) is 0 Å². The number of likely N-dealkylation sites (N-methyl/N-ethyl adjacent to an activating group) is 1. The molecule has 1 aliphatic rings. The van der Waals surface area contributed by atoms with E-state index < -0.39 is 0 Å². The number of rotatable bonds is 9. The van der Waals surface area contributed by atoms with Crippen LogP contribution in [-0.2, 0) is 14.3 Å². The monoisotopic (exact) mass is 258 g/mol. The lowest BCUT2D eigenvalue weighted by atomic mass is 10.0. The van der Waals surface area contributed by atoms with E-state index in [4.69, 9.17) is 9.47 Å². The lowest BCUT2D eigenvalue weighted by molar-refractivity contribution is -0.125. The van der Waals surface area contributed by atoms with Gasteiger partial charge in [-0.1, -0.05) is 13.3 Å². The van der Waals surface area contributed by atoms with Crippen LogP contribution < -0.4 is 10.6 Å². The van der Waals surface area contributed by atoms with Gasteiger partial charge in [0, 0.05) is 25.8 Å². The molecule has 2 N–H and O–H groups in total. The van der Waals surface area contributed by atoms with Crippen LogP contribution in [0.4, 0.5) is 0 Å². The first-order valence-electron chi connectivity index (χ1n) is 6.90. The first kappa shape index (κ1) is 15.4. The average Bonchev–Trinajstić information content (AvgIpc) is 2.85. The van der Waals surface area contributed by atoms with Crippen LogP contribution in [0, 0.1) is 5.92 Å². The van der Waals surface area contributed by atoms with E-state index in [2.05, 4.69) is 17.6 Å². The molecule has 0 aromatic carbocycles. The molecule has 1 fully saturated rings. The molecular weight excluding hydrogens is 232 g/mol. The zero-order valence-electron chi connectivity index (χ0n) is 11.5. The molecule has 5 heteroatoms. The molecule has 0 aromatic heterocycles. The Balaban J connectivity index is 2.03. The highest BCUT2D eigenvalue weighted by molar-refractivity contribution is 5.79. The highest BCUT2D eigenvalue weighted by Crippen LogP contribution is 2.13. The molecule has 106 valence electrons. The van der Waals surface area contributed by atoms with Crippen LogP contribution in [0.2, 0.25) is 0 Å². The lowest BCUT2D eigenvalue weighted by Crippen LogP contribution is -2.42. The third-order valence-electron chi connectivity index (χ3n) is 3.19. The van der Waals surface area contributed by atoms with Gasteiger partial charge in [-0.15, -0.1) is 0 Å². The fourth-order valence-electron chi connectivity index (χ4n) is 1.96. The van der Waals surface area contributed by atoms with Crippen LogP contribution in [-0.4, -0.2) is 52.0 Å². The number of hydrogen-bond donors (Lipinski definition) is 2. The summed E-state index contributed by atoms with van der Waals surface area (Å²) in [5.41, 5.74) is 0. The van der Waals surface area contributed by atoms with Gasteiger partial charge in [0.25, 0.3) is 0 Å². The van der Waals surface area contributed by atoms with Gasteiger partial charge in [-0.2, -0.15) is 0 Å². The Bertz CT molecular complexity index is 236. The Morgan fingerprint density at radius 1 is 1.33 bits per heavy atom. The molecule has 0 bridgehead atoms. The van der Waals surface area contributed by atoms with Gasteiger partial charge in [0.15, 0.2) is 0 Å². The zero-order valence-corrected chi connectivity index (χ0v) is 11.5. The molecule has 1 saturated heterocycles. The minimum absolute atomic E-state index is 0.0593. The van der Waals surface area contributed by atoms with Gasteiger partial charge in [-0.25, -0.2) is 0 Å². The molecule has 0 radical (unpaired) electrons. The maximum absolute atomic E-state index is 11.9. The van der Waals surface area contributed by atoms with Gasteiger partial charge in [-0.3, -0.25) is 4.79 Å². The van der Waals surface area contributed by atoms with E-state index in [0.717, 1.165) is 32.5 Å². The summed E-state index contributed by atoms with van der Waals surface area (Å²) in [5, 5.41) is 6.05. The molecule has 1 amide bonds. The van der Waals surface area contributed by atoms with E-state index in [-0.39, 0.29) is 17.9 Å². The first-order chi connectivity index (χ1) is 8.79. The van der Waals surface area contributed by atoms with E-state index in [9.17, 15) is 4.79 Å². The molecule has 5 nitrogen and oxygen atoms in total. The SMILES string of the molecule is CCCCOCCCNC(=O)C1COCC1NC. The van der Waals surface area contributed by atoms with Crippen molar-refractivity contribution in [2.45, 2.75) is 32.2 Å². The Morgan fingerprint density at radius 3 is 2.83 bits per heavy atom. The summed E-state index contributed by atoms with van der Waals surface area (Å²) in [7, 11) is 1.86. The van der Waals surface area contributed by atoms with Crippen LogP contribution in [0.15, 0.2) is 0 Å². The van der Waals surface area contributed by atoms with Crippen molar-refractivity contribution in [3.8, 4) is 0 Å². The molecule has 2 atom stereocenters. The summed E-state index contributed by atoms with van der Waals surface area (Å²) < 4.78 is 10.7. The number of carbonyl (C=O) groups excluding carboxylic acids is 1. The lowest BCUT2D eigenvalue weighted by Gasteiger charge is -2.16. The van der Waals surface area contributed by atoms with Crippen LogP contribution >= 0.6 is 0 Å². The second kappa shape index (κ2) is 9.30. The van der Waals surface area contributed by atoms with Gasteiger partial charge >= 0.3 is 0 Å². The van der Waals surface area contributed by atoms with Crippen molar-refractivity contribution < 1.29 is 14.3 Å². The number of unbranched alkanes of at least 4 members (excludes halogenated alkanes) is 1. The number of nitrogens with one attached hydrogen (secondary N) is 2. The topological polar surface area (TPSA) is 59.6 Å². The van der Waals surface area contributed by atoms with Gasteiger partial charge in [-0.05, 0) is 19.9 Å². The Labute approximate surface area is 110 Å². The van der Waals surface area contributed by atoms with Crippen LogP contribution in [0.5, 0.6) is 0 Å². The molecule has 0 saturated carbocycles. The Morgan fingerprint density at radius 2 is 2.11 bits per heavy atom. The molecule has 2 unspecified atom stereocenters. The van der Waals surface area contributed by atoms with Crippen molar-refractivity contribution in [3.63, 3.8) is 0 Å². The second-order valence-corrected chi connectivity index (χ2v) is 4.65. The fraction of sp³-hybridized carbons (Fsp3) is 0.923. The maximum atomic E-state index is 11.9. The van der Waals surface area contributed by atoms with Crippen molar-refractivity contribution in [2.75, 3.05) is 40.0 Å². The second-order valence-electron chi connectivity index (χ2n) is 4.65. The van der Waals surface area contributed by atoms with Crippen LogP contribution in [0.3, 0.4) is 0 Å². The van der Waals surface area contributed by atoms with Crippen LogP contribution in [0.25, 0.3) is 0 Å². The molecule has 0 aromatic rings. The predicted octanol–water partition coefficient (Wildman–Crippen LogP) is 0.544. The number of amides is 1. The summed E-state index contributed by atoms with van der Waals surface area (Å²) in [6.07, 6.45) is 3.13. The van der Waals surface area contributed by atoms with E-state index in [1.165, 1.54) is 0 Å². The van der Waals surface area contributed by atoms with Crippen molar-refractivity contribution in [3.05, 3.63) is 0 Å². The van der Waals surface area contributed by atoms with Gasteiger partial charge in [0.2, 0.25) is 5.91 Å². The smallest absolute Gasteiger partial charge is 0.227 e. The maximum Gasteiger partial charge on any atom is 0.227 e.